The van der Waals surface area contributed by atoms with E-state index in [4.69, 9.17) is 4.74 Å². The number of piperidine rings is 1. The first kappa shape index (κ1) is 25.4. The highest BCUT2D eigenvalue weighted by Crippen LogP contribution is 2.34. The molecule has 2 N–H and O–H groups in total. The van der Waals surface area contributed by atoms with Crippen molar-refractivity contribution >= 4 is 52.6 Å². The zero-order valence-corrected chi connectivity index (χ0v) is 20.9. The summed E-state index contributed by atoms with van der Waals surface area (Å²) in [4.78, 5) is 37.0. The molecular formula is C25H27ClN4O4S. The molecule has 0 radical (unpaired) electrons. The molecule has 2 aliphatic heterocycles. The Hall–Kier alpha value is -2.72. The quantitative estimate of drug-likeness (QED) is 0.479. The number of benzene rings is 1. The predicted molar refractivity (Wildman–Crippen MR) is 138 cm³/mol. The maximum absolute atomic E-state index is 13.3. The summed E-state index contributed by atoms with van der Waals surface area (Å²) in [6.07, 6.45) is 2.42. The number of likely N-dealkylation sites (tertiary alicyclic amines) is 1. The molecule has 0 unspecified atom stereocenters. The zero-order chi connectivity index (χ0) is 23.7. The minimum absolute atomic E-state index is 0. The van der Waals surface area contributed by atoms with E-state index in [1.807, 2.05) is 24.3 Å². The molecule has 8 nitrogen and oxygen atoms in total. The van der Waals surface area contributed by atoms with Gasteiger partial charge in [-0.2, -0.15) is 0 Å². The number of β-amino-alcohol motifs (C(OH)–C–C–N with tert-alkyl or cyclic N) is 1. The van der Waals surface area contributed by atoms with Crippen LogP contribution in [0.25, 0.3) is 11.0 Å². The molecule has 3 aromatic rings. The van der Waals surface area contributed by atoms with Crippen molar-refractivity contribution in [2.24, 2.45) is 5.92 Å². The van der Waals surface area contributed by atoms with Gasteiger partial charge in [-0.1, -0.05) is 6.07 Å². The Morgan fingerprint density at radius 2 is 2.06 bits per heavy atom. The number of methoxy groups -OCH3 is 1. The van der Waals surface area contributed by atoms with E-state index in [2.05, 4.69) is 20.2 Å². The Kier molecular flexibility index (Phi) is 7.91. The fourth-order valence-corrected chi connectivity index (χ4v) is 5.36. The van der Waals surface area contributed by atoms with E-state index in [0.717, 1.165) is 42.1 Å². The molecule has 1 aromatic carbocycles. The maximum Gasteiger partial charge on any atom is 0.234 e. The van der Waals surface area contributed by atoms with Crippen LogP contribution in [0.5, 0.6) is 5.88 Å². The fourth-order valence-electron chi connectivity index (χ4n) is 4.58. The molecule has 4 heterocycles. The number of Topliss-reactive ketones (excluding diaryl/α,β-unsaturated/α-hetero) is 1. The van der Waals surface area contributed by atoms with E-state index in [9.17, 15) is 14.7 Å². The number of aliphatic hydroxyl groups excluding tert-OH is 1. The van der Waals surface area contributed by atoms with Gasteiger partial charge < -0.3 is 20.1 Å². The number of aromatic nitrogens is 2. The molecule has 184 valence electrons. The van der Waals surface area contributed by atoms with Crippen LogP contribution in [0, 0.1) is 5.92 Å². The summed E-state index contributed by atoms with van der Waals surface area (Å²) >= 11 is 1.51. The van der Waals surface area contributed by atoms with Gasteiger partial charge in [0.2, 0.25) is 11.8 Å². The average molecular weight is 515 g/mol. The van der Waals surface area contributed by atoms with Gasteiger partial charge in [0.1, 0.15) is 5.52 Å². The normalized spacial score (nSPS) is 17.3. The van der Waals surface area contributed by atoms with Crippen molar-refractivity contribution in [1.29, 1.82) is 0 Å². The number of ether oxygens (including phenoxy) is 1. The highest BCUT2D eigenvalue weighted by molar-refractivity contribution is 8.00. The minimum Gasteiger partial charge on any atom is -0.481 e. The van der Waals surface area contributed by atoms with Crippen LogP contribution in [0.15, 0.2) is 47.5 Å². The zero-order valence-electron chi connectivity index (χ0n) is 19.3. The Labute approximate surface area is 213 Å². The summed E-state index contributed by atoms with van der Waals surface area (Å²) in [6, 6.07) is 11.0. The molecule has 2 aliphatic rings. The Morgan fingerprint density at radius 3 is 2.83 bits per heavy atom. The smallest absolute Gasteiger partial charge is 0.234 e. The van der Waals surface area contributed by atoms with Crippen LogP contribution in [-0.4, -0.2) is 64.2 Å². The van der Waals surface area contributed by atoms with E-state index >= 15 is 0 Å². The molecule has 0 spiro atoms. The Morgan fingerprint density at radius 1 is 1.26 bits per heavy atom. The molecule has 2 aromatic heterocycles. The lowest BCUT2D eigenvalue weighted by Crippen LogP contribution is -2.38. The number of anilines is 1. The molecule has 0 bridgehead atoms. The van der Waals surface area contributed by atoms with E-state index in [0.29, 0.717) is 34.8 Å². The van der Waals surface area contributed by atoms with Crippen molar-refractivity contribution < 1.29 is 19.4 Å². The standard InChI is InChI=1S/C25H26N4O4S.ClH/c1-33-23-5-3-18-24(28-23)17(6-9-26-18)25(32)15-7-10-29(11-8-15)13-20(30)16-2-4-21-19(12-16)27-22(31)14-34-21;/h2-6,9,12,15,20,30H,7-8,10-11,13-14H2,1H3,(H,27,31);1H/t20-;/m0./s1. The lowest BCUT2D eigenvalue weighted by atomic mass is 9.88. The molecule has 1 saturated heterocycles. The second-order valence-corrected chi connectivity index (χ2v) is 9.64. The van der Waals surface area contributed by atoms with Crippen LogP contribution in [0.3, 0.4) is 0 Å². The van der Waals surface area contributed by atoms with Crippen molar-refractivity contribution in [3.63, 3.8) is 0 Å². The van der Waals surface area contributed by atoms with E-state index in [1.54, 1.807) is 25.4 Å². The number of hydrogen-bond acceptors (Lipinski definition) is 8. The van der Waals surface area contributed by atoms with Gasteiger partial charge in [0.15, 0.2) is 5.78 Å². The molecule has 5 rings (SSSR count). The second kappa shape index (κ2) is 10.9. The highest BCUT2D eigenvalue weighted by Gasteiger charge is 2.28. The lowest BCUT2D eigenvalue weighted by Gasteiger charge is -2.32. The third-order valence-electron chi connectivity index (χ3n) is 6.44. The number of halogens is 1. The minimum atomic E-state index is -0.665. The van der Waals surface area contributed by atoms with Gasteiger partial charge in [0.25, 0.3) is 0 Å². The fraction of sp³-hybridized carbons (Fsp3) is 0.360. The number of rotatable bonds is 6. The van der Waals surface area contributed by atoms with E-state index in [-0.39, 0.29) is 30.0 Å². The van der Waals surface area contributed by atoms with Crippen LogP contribution < -0.4 is 10.1 Å². The van der Waals surface area contributed by atoms with Crippen LogP contribution in [0.1, 0.15) is 34.9 Å². The van der Waals surface area contributed by atoms with Crippen LogP contribution >= 0.6 is 24.2 Å². The molecule has 35 heavy (non-hydrogen) atoms. The SMILES string of the molecule is COc1ccc2nccc(C(=O)C3CCN(C[C@H](O)c4ccc5c(c4)NC(=O)CS5)CC3)c2n1.Cl. The number of pyridine rings is 2. The number of hydrogen-bond donors (Lipinski definition) is 2. The molecule has 0 aliphatic carbocycles. The first-order valence-corrected chi connectivity index (χ1v) is 12.3. The van der Waals surface area contributed by atoms with Crippen molar-refractivity contribution in [2.75, 3.05) is 37.8 Å². The van der Waals surface area contributed by atoms with Crippen molar-refractivity contribution in [3.05, 3.63) is 53.7 Å². The van der Waals surface area contributed by atoms with Gasteiger partial charge in [-0.25, -0.2) is 4.98 Å². The van der Waals surface area contributed by atoms with Crippen LogP contribution in [0.2, 0.25) is 0 Å². The van der Waals surface area contributed by atoms with Gasteiger partial charge >= 0.3 is 0 Å². The third kappa shape index (κ3) is 5.43. The largest absolute Gasteiger partial charge is 0.481 e. The molecule has 1 fully saturated rings. The topological polar surface area (TPSA) is 105 Å². The van der Waals surface area contributed by atoms with Gasteiger partial charge in [0.05, 0.1) is 30.2 Å². The number of aliphatic hydroxyl groups is 1. The van der Waals surface area contributed by atoms with Gasteiger partial charge in [0, 0.05) is 35.2 Å². The Balaban J connectivity index is 0.00000289. The Bertz CT molecular complexity index is 1250. The van der Waals surface area contributed by atoms with Gasteiger partial charge in [-0.15, -0.1) is 24.2 Å². The number of amides is 1. The molecule has 0 saturated carbocycles. The lowest BCUT2D eigenvalue weighted by molar-refractivity contribution is -0.113. The number of fused-ring (bicyclic) bond motifs is 2. The number of carbonyl (C=O) groups is 2. The number of nitrogens with zero attached hydrogens (tertiary/aromatic N) is 3. The summed E-state index contributed by atoms with van der Waals surface area (Å²) in [7, 11) is 1.55. The number of nitrogens with one attached hydrogen (secondary N) is 1. The van der Waals surface area contributed by atoms with E-state index in [1.165, 1.54) is 11.8 Å². The van der Waals surface area contributed by atoms with Crippen molar-refractivity contribution in [2.45, 2.75) is 23.8 Å². The number of carbonyl (C=O) groups excluding carboxylic acids is 2. The summed E-state index contributed by atoms with van der Waals surface area (Å²) in [5.74, 6) is 0.839. The monoisotopic (exact) mass is 514 g/mol. The maximum atomic E-state index is 13.3. The third-order valence-corrected chi connectivity index (χ3v) is 7.52. The molecular weight excluding hydrogens is 488 g/mol. The molecule has 1 atom stereocenters. The summed E-state index contributed by atoms with van der Waals surface area (Å²) in [5, 5.41) is 13.7. The van der Waals surface area contributed by atoms with Crippen LogP contribution in [0.4, 0.5) is 5.69 Å². The number of thioether (sulfide) groups is 1. The first-order valence-electron chi connectivity index (χ1n) is 11.3. The first-order chi connectivity index (χ1) is 16.5. The summed E-state index contributed by atoms with van der Waals surface area (Å²) in [6.45, 7) is 1.94. The average Bonchev–Trinajstić information content (AvgIpc) is 2.87. The van der Waals surface area contributed by atoms with E-state index < -0.39 is 6.10 Å². The predicted octanol–water partition coefficient (Wildman–Crippen LogP) is 3.73. The van der Waals surface area contributed by atoms with Crippen molar-refractivity contribution in [1.82, 2.24) is 14.9 Å². The van der Waals surface area contributed by atoms with Gasteiger partial charge in [-0.3, -0.25) is 14.6 Å². The van der Waals surface area contributed by atoms with Crippen molar-refractivity contribution in [3.8, 4) is 5.88 Å². The molecule has 1 amide bonds. The number of ketones is 1. The molecule has 10 heteroatoms. The summed E-state index contributed by atoms with van der Waals surface area (Å²) < 4.78 is 5.22. The summed E-state index contributed by atoms with van der Waals surface area (Å²) in [5.41, 5.74) is 3.37. The highest BCUT2D eigenvalue weighted by atomic mass is 35.5. The van der Waals surface area contributed by atoms with Gasteiger partial charge in [-0.05, 0) is 55.8 Å². The van der Waals surface area contributed by atoms with Crippen LogP contribution in [-0.2, 0) is 4.79 Å². The second-order valence-electron chi connectivity index (χ2n) is 8.63.